The van der Waals surface area contributed by atoms with Crippen LogP contribution in [0.2, 0.25) is 0 Å². The van der Waals surface area contributed by atoms with Crippen LogP contribution in [0.1, 0.15) is 24.8 Å². The van der Waals surface area contributed by atoms with Crippen molar-refractivity contribution in [2.24, 2.45) is 0 Å². The van der Waals surface area contributed by atoms with Crippen molar-refractivity contribution >= 4 is 49.5 Å². The van der Waals surface area contributed by atoms with Gasteiger partial charge in [-0.2, -0.15) is 0 Å². The fourth-order valence-electron chi connectivity index (χ4n) is 3.28. The van der Waals surface area contributed by atoms with Crippen LogP contribution in [0.15, 0.2) is 42.5 Å². The summed E-state index contributed by atoms with van der Waals surface area (Å²) in [7, 11) is -2.24. The third kappa shape index (κ3) is 7.35. The normalized spacial score (nSPS) is 12.4. The molecule has 1 aromatic heterocycles. The molecule has 0 saturated heterocycles. The van der Waals surface area contributed by atoms with Crippen molar-refractivity contribution in [2.75, 3.05) is 35.3 Å². The van der Waals surface area contributed by atoms with Gasteiger partial charge in [0.1, 0.15) is 5.75 Å². The Bertz CT molecular complexity index is 1250. The molecule has 3 aromatic rings. The lowest BCUT2D eigenvalue weighted by atomic mass is 10.1. The number of methoxy groups -OCH3 is 1. The van der Waals surface area contributed by atoms with Gasteiger partial charge >= 0.3 is 0 Å². The summed E-state index contributed by atoms with van der Waals surface area (Å²) in [5, 5.41) is 12.2. The van der Waals surface area contributed by atoms with Gasteiger partial charge in [-0.3, -0.25) is 4.72 Å². The van der Waals surface area contributed by atoms with Gasteiger partial charge in [0.05, 0.1) is 29.6 Å². The maximum Gasteiger partial charge on any atom is 0.233 e. The van der Waals surface area contributed by atoms with Gasteiger partial charge in [-0.25, -0.2) is 22.6 Å². The molecule has 4 N–H and O–H groups in total. The average Bonchev–Trinajstić information content (AvgIpc) is 2.81. The number of aliphatic hydroxyl groups is 1. The SMILES string of the molecule is COc1cc(CCCO)ccc1Nc1nc2ccccc2nc1NS(=O)(=O)CCCCS(=O)O. The zero-order valence-corrected chi connectivity index (χ0v) is 20.4. The minimum absolute atomic E-state index is 0.0200. The molecule has 1 heterocycles. The number of nitrogens with zero attached hydrogens (tertiary/aromatic N) is 2. The number of sulfonamides is 1. The first-order valence-corrected chi connectivity index (χ1v) is 13.6. The predicted octanol–water partition coefficient (Wildman–Crippen LogP) is 3.05. The Labute approximate surface area is 201 Å². The van der Waals surface area contributed by atoms with Crippen molar-refractivity contribution in [1.29, 1.82) is 0 Å². The molecule has 34 heavy (non-hydrogen) atoms. The van der Waals surface area contributed by atoms with Crippen LogP contribution in [-0.4, -0.2) is 57.5 Å². The monoisotopic (exact) mass is 508 g/mol. The number of para-hydroxylation sites is 2. The number of anilines is 3. The topological polar surface area (TPSA) is 151 Å². The standard InChI is InChI=1S/C22H28N4O6S2/c1-32-20-15-16(7-6-12-27)10-11-19(20)25-21-22(24-18-9-3-2-8-17(18)23-21)26-34(30,31)14-5-4-13-33(28)29/h2-3,8-11,15,27H,4-7,12-14H2,1H3,(H,23,25)(H,24,26)(H,28,29). The first kappa shape index (κ1) is 25.8. The van der Waals surface area contributed by atoms with E-state index in [-0.39, 0.29) is 36.2 Å². The van der Waals surface area contributed by atoms with Crippen molar-refractivity contribution in [2.45, 2.75) is 25.7 Å². The minimum atomic E-state index is -3.78. The summed E-state index contributed by atoms with van der Waals surface area (Å²) in [4.78, 5) is 9.01. The van der Waals surface area contributed by atoms with Crippen LogP contribution in [-0.2, 0) is 27.5 Å². The fraction of sp³-hybridized carbons (Fsp3) is 0.364. The van der Waals surface area contributed by atoms with Crippen molar-refractivity contribution < 1.29 is 27.0 Å². The molecule has 1 atom stereocenters. The number of aromatic nitrogens is 2. The maximum atomic E-state index is 12.7. The molecule has 0 aliphatic rings. The van der Waals surface area contributed by atoms with Gasteiger partial charge in [-0.05, 0) is 55.5 Å². The van der Waals surface area contributed by atoms with E-state index in [1.54, 1.807) is 24.3 Å². The lowest BCUT2D eigenvalue weighted by molar-refractivity contribution is 0.288. The highest BCUT2D eigenvalue weighted by atomic mass is 32.2. The van der Waals surface area contributed by atoms with Crippen LogP contribution >= 0.6 is 0 Å². The quantitative estimate of drug-likeness (QED) is 0.202. The summed E-state index contributed by atoms with van der Waals surface area (Å²) in [5.74, 6) is 0.583. The summed E-state index contributed by atoms with van der Waals surface area (Å²) in [6, 6.07) is 12.6. The van der Waals surface area contributed by atoms with Crippen LogP contribution in [0.3, 0.4) is 0 Å². The molecule has 2 aromatic carbocycles. The Balaban J connectivity index is 1.89. The first-order valence-electron chi connectivity index (χ1n) is 10.7. The van der Waals surface area contributed by atoms with Crippen molar-refractivity contribution in [3.63, 3.8) is 0 Å². The highest BCUT2D eigenvalue weighted by Crippen LogP contribution is 2.32. The molecule has 10 nitrogen and oxygen atoms in total. The Hall–Kier alpha value is -2.80. The van der Waals surface area contributed by atoms with E-state index < -0.39 is 21.1 Å². The zero-order chi connectivity index (χ0) is 24.6. The number of benzene rings is 2. The van der Waals surface area contributed by atoms with Crippen molar-refractivity contribution in [3.05, 3.63) is 48.0 Å². The number of unbranched alkanes of at least 4 members (excludes halogenated alkanes) is 1. The first-order chi connectivity index (χ1) is 16.3. The molecule has 184 valence electrons. The van der Waals surface area contributed by atoms with Crippen LogP contribution in [0.5, 0.6) is 5.75 Å². The average molecular weight is 509 g/mol. The largest absolute Gasteiger partial charge is 0.495 e. The molecule has 0 radical (unpaired) electrons. The molecular weight excluding hydrogens is 480 g/mol. The summed E-state index contributed by atoms with van der Waals surface area (Å²) in [5.41, 5.74) is 2.67. The lowest BCUT2D eigenvalue weighted by Gasteiger charge is -2.16. The van der Waals surface area contributed by atoms with Gasteiger partial charge in [0.15, 0.2) is 22.7 Å². The highest BCUT2D eigenvalue weighted by molar-refractivity contribution is 7.92. The second kappa shape index (κ2) is 12.1. The molecule has 0 aliphatic heterocycles. The number of rotatable bonds is 13. The number of ether oxygens (including phenoxy) is 1. The van der Waals surface area contributed by atoms with Gasteiger partial charge in [0, 0.05) is 12.4 Å². The van der Waals surface area contributed by atoms with E-state index in [1.165, 1.54) is 7.11 Å². The number of nitrogens with one attached hydrogen (secondary N) is 2. The summed E-state index contributed by atoms with van der Waals surface area (Å²) < 4.78 is 53.0. The second-order valence-corrected chi connectivity index (χ2v) is 10.4. The maximum absolute atomic E-state index is 12.7. The summed E-state index contributed by atoms with van der Waals surface area (Å²) in [6.07, 6.45) is 1.86. The molecule has 0 aliphatic carbocycles. The molecule has 0 spiro atoms. The fourth-order valence-corrected chi connectivity index (χ4v) is 4.85. The Morgan fingerprint density at radius 2 is 1.74 bits per heavy atom. The third-order valence-corrected chi connectivity index (χ3v) is 6.92. The molecule has 3 rings (SSSR count). The predicted molar refractivity (Wildman–Crippen MR) is 134 cm³/mol. The highest BCUT2D eigenvalue weighted by Gasteiger charge is 2.18. The summed E-state index contributed by atoms with van der Waals surface area (Å²) >= 11 is -1.95. The molecule has 1 unspecified atom stereocenters. The Kier molecular flexibility index (Phi) is 9.16. The second-order valence-electron chi connectivity index (χ2n) is 7.55. The van der Waals surface area contributed by atoms with Crippen molar-refractivity contribution in [3.8, 4) is 5.75 Å². The minimum Gasteiger partial charge on any atom is -0.495 e. The van der Waals surface area contributed by atoms with E-state index in [2.05, 4.69) is 20.0 Å². The third-order valence-electron chi connectivity index (χ3n) is 4.95. The molecule has 0 saturated carbocycles. The number of aryl methyl sites for hydroxylation is 1. The van der Waals surface area contributed by atoms with E-state index in [9.17, 15) is 12.6 Å². The Morgan fingerprint density at radius 1 is 1.03 bits per heavy atom. The van der Waals surface area contributed by atoms with Crippen LogP contribution < -0.4 is 14.8 Å². The smallest absolute Gasteiger partial charge is 0.233 e. The number of hydrogen-bond acceptors (Lipinski definition) is 8. The number of hydrogen-bond donors (Lipinski definition) is 4. The van der Waals surface area contributed by atoms with Crippen molar-refractivity contribution in [1.82, 2.24) is 9.97 Å². The molecule has 12 heteroatoms. The molecule has 0 amide bonds. The van der Waals surface area contributed by atoms with Gasteiger partial charge in [-0.15, -0.1) is 0 Å². The van der Waals surface area contributed by atoms with Crippen LogP contribution in [0, 0.1) is 0 Å². The van der Waals surface area contributed by atoms with Gasteiger partial charge in [0.25, 0.3) is 0 Å². The Morgan fingerprint density at radius 3 is 2.38 bits per heavy atom. The number of aliphatic hydroxyl groups excluding tert-OH is 1. The van der Waals surface area contributed by atoms with E-state index in [0.29, 0.717) is 41.7 Å². The van der Waals surface area contributed by atoms with Gasteiger partial charge in [-0.1, -0.05) is 18.2 Å². The van der Waals surface area contributed by atoms with E-state index in [0.717, 1.165) is 5.56 Å². The summed E-state index contributed by atoms with van der Waals surface area (Å²) in [6.45, 7) is 0.0936. The van der Waals surface area contributed by atoms with Gasteiger partial charge in [0.2, 0.25) is 10.0 Å². The van der Waals surface area contributed by atoms with E-state index in [1.807, 2.05) is 18.2 Å². The lowest BCUT2D eigenvalue weighted by Crippen LogP contribution is -2.19. The van der Waals surface area contributed by atoms with E-state index in [4.69, 9.17) is 14.4 Å². The zero-order valence-electron chi connectivity index (χ0n) is 18.7. The van der Waals surface area contributed by atoms with Gasteiger partial charge < -0.3 is 19.7 Å². The molecular formula is C22H28N4O6S2. The van der Waals surface area contributed by atoms with Crippen LogP contribution in [0.25, 0.3) is 11.0 Å². The van der Waals surface area contributed by atoms with E-state index >= 15 is 0 Å². The van der Waals surface area contributed by atoms with Crippen LogP contribution in [0.4, 0.5) is 17.3 Å². The number of fused-ring (bicyclic) bond motifs is 1. The molecule has 0 fully saturated rings. The molecule has 0 bridgehead atoms.